The van der Waals surface area contributed by atoms with Gasteiger partial charge in [0.1, 0.15) is 0 Å². The number of para-hydroxylation sites is 1. The van der Waals surface area contributed by atoms with Crippen LogP contribution in [0.4, 0.5) is 5.69 Å². The highest BCUT2D eigenvalue weighted by Gasteiger charge is 2.29. The van der Waals surface area contributed by atoms with Crippen LogP contribution >= 0.6 is 0 Å². The van der Waals surface area contributed by atoms with E-state index in [1.54, 1.807) is 0 Å². The maximum Gasteiger partial charge on any atom is 0.227 e. The van der Waals surface area contributed by atoms with Crippen molar-refractivity contribution in [2.24, 2.45) is 0 Å². The number of nitrogens with zero attached hydrogens (tertiary/aromatic N) is 1. The number of nitrogens with two attached hydrogens (primary N) is 1. The summed E-state index contributed by atoms with van der Waals surface area (Å²) in [6, 6.07) is 7.74. The van der Waals surface area contributed by atoms with E-state index in [1.165, 1.54) is 0 Å². The molecule has 1 aliphatic rings. The van der Waals surface area contributed by atoms with E-state index in [4.69, 9.17) is 10.5 Å². The fourth-order valence-electron chi connectivity index (χ4n) is 2.45. The molecular formula is C15H22N2O2. The van der Waals surface area contributed by atoms with Gasteiger partial charge >= 0.3 is 0 Å². The molecule has 0 saturated carbocycles. The molecule has 0 aliphatic carbocycles. The third-order valence-electron chi connectivity index (χ3n) is 3.66. The first-order valence-corrected chi connectivity index (χ1v) is 6.86. The lowest BCUT2D eigenvalue weighted by Gasteiger charge is -2.38. The fourth-order valence-corrected chi connectivity index (χ4v) is 2.45. The minimum Gasteiger partial charge on any atom is -0.398 e. The Morgan fingerprint density at radius 3 is 2.89 bits per heavy atom. The van der Waals surface area contributed by atoms with E-state index in [9.17, 15) is 4.79 Å². The normalized spacial score (nSPS) is 23.4. The number of anilines is 1. The summed E-state index contributed by atoms with van der Waals surface area (Å²) in [6.07, 6.45) is 1.40. The Bertz CT molecular complexity index is 448. The Hall–Kier alpha value is -1.55. The number of nitrogen functional groups attached to an aromatic ring is 1. The molecule has 104 valence electrons. The Morgan fingerprint density at radius 2 is 2.21 bits per heavy atom. The van der Waals surface area contributed by atoms with Gasteiger partial charge < -0.3 is 15.4 Å². The molecule has 0 bridgehead atoms. The van der Waals surface area contributed by atoms with Crippen LogP contribution in [0, 0.1) is 0 Å². The summed E-state index contributed by atoms with van der Waals surface area (Å²) in [5.41, 5.74) is 7.49. The summed E-state index contributed by atoms with van der Waals surface area (Å²) in [4.78, 5) is 14.4. The molecule has 2 unspecified atom stereocenters. The van der Waals surface area contributed by atoms with Crippen molar-refractivity contribution in [2.45, 2.75) is 38.8 Å². The minimum absolute atomic E-state index is 0.111. The van der Waals surface area contributed by atoms with Crippen molar-refractivity contribution < 1.29 is 9.53 Å². The van der Waals surface area contributed by atoms with E-state index in [1.807, 2.05) is 36.1 Å². The molecule has 1 aromatic rings. The number of rotatable bonds is 3. The van der Waals surface area contributed by atoms with Crippen LogP contribution in [-0.4, -0.2) is 36.1 Å². The van der Waals surface area contributed by atoms with Crippen molar-refractivity contribution in [1.82, 2.24) is 4.90 Å². The highest BCUT2D eigenvalue weighted by molar-refractivity contribution is 5.80. The summed E-state index contributed by atoms with van der Waals surface area (Å²) < 4.78 is 5.62. The monoisotopic (exact) mass is 262 g/mol. The van der Waals surface area contributed by atoms with Crippen LogP contribution in [0.25, 0.3) is 0 Å². The molecule has 1 heterocycles. The largest absolute Gasteiger partial charge is 0.398 e. The molecule has 2 N–H and O–H groups in total. The molecular weight excluding hydrogens is 240 g/mol. The number of carbonyl (C=O) groups excluding carboxylic acids is 1. The van der Waals surface area contributed by atoms with Crippen LogP contribution in [0.2, 0.25) is 0 Å². The number of carbonyl (C=O) groups is 1. The molecule has 4 nitrogen and oxygen atoms in total. The lowest BCUT2D eigenvalue weighted by molar-refractivity contribution is -0.143. The highest BCUT2D eigenvalue weighted by Crippen LogP contribution is 2.18. The van der Waals surface area contributed by atoms with Gasteiger partial charge in [-0.1, -0.05) is 25.1 Å². The van der Waals surface area contributed by atoms with Gasteiger partial charge in [0.2, 0.25) is 5.91 Å². The summed E-state index contributed by atoms with van der Waals surface area (Å²) in [6.45, 7) is 5.39. The molecule has 1 saturated heterocycles. The number of hydrogen-bond acceptors (Lipinski definition) is 3. The Kier molecular flexibility index (Phi) is 4.43. The third kappa shape index (κ3) is 3.26. The van der Waals surface area contributed by atoms with Crippen molar-refractivity contribution in [2.75, 3.05) is 18.9 Å². The van der Waals surface area contributed by atoms with Gasteiger partial charge in [-0.25, -0.2) is 0 Å². The standard InChI is InChI=1S/C15H22N2O2/c1-3-13-10-19-11(2)9-17(13)15(18)8-12-6-4-5-7-14(12)16/h4-7,11,13H,3,8-10,16H2,1-2H3. The van der Waals surface area contributed by atoms with Gasteiger partial charge in [0, 0.05) is 12.2 Å². The molecule has 4 heteroatoms. The van der Waals surface area contributed by atoms with Crippen molar-refractivity contribution in [3.05, 3.63) is 29.8 Å². The summed E-state index contributed by atoms with van der Waals surface area (Å²) >= 11 is 0. The second-order valence-electron chi connectivity index (χ2n) is 5.13. The molecule has 19 heavy (non-hydrogen) atoms. The SMILES string of the molecule is CCC1COC(C)CN1C(=O)Cc1ccccc1N. The van der Waals surface area contributed by atoms with Gasteiger partial charge in [0.25, 0.3) is 0 Å². The Morgan fingerprint density at radius 1 is 1.47 bits per heavy atom. The number of morpholine rings is 1. The molecule has 2 atom stereocenters. The summed E-state index contributed by atoms with van der Waals surface area (Å²) in [7, 11) is 0. The lowest BCUT2D eigenvalue weighted by Crippen LogP contribution is -2.51. The van der Waals surface area contributed by atoms with Crippen LogP contribution in [0.15, 0.2) is 24.3 Å². The maximum atomic E-state index is 12.4. The van der Waals surface area contributed by atoms with Gasteiger partial charge in [0.05, 0.1) is 25.2 Å². The number of ether oxygens (including phenoxy) is 1. The van der Waals surface area contributed by atoms with Crippen molar-refractivity contribution in [3.63, 3.8) is 0 Å². The quantitative estimate of drug-likeness (QED) is 0.846. The molecule has 1 fully saturated rings. The first-order chi connectivity index (χ1) is 9.11. The number of benzene rings is 1. The first-order valence-electron chi connectivity index (χ1n) is 6.86. The van der Waals surface area contributed by atoms with Crippen LogP contribution in [0.5, 0.6) is 0 Å². The number of hydrogen-bond donors (Lipinski definition) is 1. The van der Waals surface area contributed by atoms with E-state index in [0.717, 1.165) is 12.0 Å². The maximum absolute atomic E-state index is 12.4. The van der Waals surface area contributed by atoms with Crippen LogP contribution in [0.3, 0.4) is 0 Å². The second kappa shape index (κ2) is 6.06. The third-order valence-corrected chi connectivity index (χ3v) is 3.66. The zero-order valence-corrected chi connectivity index (χ0v) is 11.6. The molecule has 0 radical (unpaired) electrons. The van der Waals surface area contributed by atoms with Gasteiger partial charge in [0.15, 0.2) is 0 Å². The Labute approximate surface area is 114 Å². The van der Waals surface area contributed by atoms with Crippen LogP contribution in [0.1, 0.15) is 25.8 Å². The average Bonchev–Trinajstić information content (AvgIpc) is 2.41. The predicted molar refractivity (Wildman–Crippen MR) is 75.8 cm³/mol. The summed E-state index contributed by atoms with van der Waals surface area (Å²) in [5.74, 6) is 0.139. The number of amides is 1. The fraction of sp³-hybridized carbons (Fsp3) is 0.533. The van der Waals surface area contributed by atoms with Crippen molar-refractivity contribution in [1.29, 1.82) is 0 Å². The molecule has 1 aromatic carbocycles. The second-order valence-corrected chi connectivity index (χ2v) is 5.13. The van der Waals surface area contributed by atoms with Crippen LogP contribution in [-0.2, 0) is 16.0 Å². The zero-order valence-electron chi connectivity index (χ0n) is 11.6. The molecule has 0 aromatic heterocycles. The van der Waals surface area contributed by atoms with Gasteiger partial charge in [-0.05, 0) is 25.0 Å². The minimum atomic E-state index is 0.111. The Balaban J connectivity index is 2.07. The first kappa shape index (κ1) is 13.9. The smallest absolute Gasteiger partial charge is 0.227 e. The lowest BCUT2D eigenvalue weighted by atomic mass is 10.1. The van der Waals surface area contributed by atoms with E-state index in [2.05, 4.69) is 6.92 Å². The molecule has 0 spiro atoms. The van der Waals surface area contributed by atoms with Gasteiger partial charge in [-0.3, -0.25) is 4.79 Å². The van der Waals surface area contributed by atoms with Crippen molar-refractivity contribution >= 4 is 11.6 Å². The zero-order chi connectivity index (χ0) is 13.8. The molecule has 1 amide bonds. The van der Waals surface area contributed by atoms with E-state index in [-0.39, 0.29) is 18.1 Å². The van der Waals surface area contributed by atoms with E-state index < -0.39 is 0 Å². The summed E-state index contributed by atoms with van der Waals surface area (Å²) in [5, 5.41) is 0. The topological polar surface area (TPSA) is 55.6 Å². The molecule has 1 aliphatic heterocycles. The van der Waals surface area contributed by atoms with E-state index >= 15 is 0 Å². The van der Waals surface area contributed by atoms with Crippen molar-refractivity contribution in [3.8, 4) is 0 Å². The molecule has 2 rings (SSSR count). The van der Waals surface area contributed by atoms with Crippen LogP contribution < -0.4 is 5.73 Å². The van der Waals surface area contributed by atoms with E-state index in [0.29, 0.717) is 25.3 Å². The average molecular weight is 262 g/mol. The highest BCUT2D eigenvalue weighted by atomic mass is 16.5. The van der Waals surface area contributed by atoms with Gasteiger partial charge in [-0.2, -0.15) is 0 Å². The van der Waals surface area contributed by atoms with Gasteiger partial charge in [-0.15, -0.1) is 0 Å². The predicted octanol–water partition coefficient (Wildman–Crippen LogP) is 1.84.